The third-order valence-corrected chi connectivity index (χ3v) is 2.06. The molecule has 2 rings (SSSR count). The van der Waals surface area contributed by atoms with Gasteiger partial charge in [-0.05, 0) is 12.1 Å². The van der Waals surface area contributed by atoms with Crippen molar-refractivity contribution in [2.45, 2.75) is 0 Å². The normalized spacial score (nSPS) is 10.0. The quantitative estimate of drug-likeness (QED) is 0.790. The summed E-state index contributed by atoms with van der Waals surface area (Å²) < 4.78 is 1.76. The van der Waals surface area contributed by atoms with Crippen LogP contribution >= 0.6 is 0 Å². The first-order valence-electron chi connectivity index (χ1n) is 4.73. The predicted octanol–water partition coefficient (Wildman–Crippen LogP) is 1.35. The molecule has 1 aromatic heterocycles. The number of rotatable bonds is 3. The first kappa shape index (κ1) is 9.51. The van der Waals surface area contributed by atoms with Crippen molar-refractivity contribution >= 4 is 11.9 Å². The highest BCUT2D eigenvalue weighted by molar-refractivity contribution is 5.43. The van der Waals surface area contributed by atoms with Crippen LogP contribution in [0.25, 0.3) is 5.69 Å². The van der Waals surface area contributed by atoms with Gasteiger partial charge in [0.05, 0.1) is 5.69 Å². The summed E-state index contributed by atoms with van der Waals surface area (Å²) in [6, 6.07) is 9.87. The molecule has 0 aliphatic rings. The smallest absolute Gasteiger partial charge is 0.244 e. The van der Waals surface area contributed by atoms with Gasteiger partial charge in [-0.15, -0.1) is 5.10 Å². The maximum absolute atomic E-state index is 4.30. The molecule has 0 spiro atoms. The van der Waals surface area contributed by atoms with Gasteiger partial charge in [-0.2, -0.15) is 9.67 Å². The number of nitrogens with zero attached hydrogens (tertiary/aromatic N) is 3. The molecule has 0 saturated heterocycles. The summed E-state index contributed by atoms with van der Waals surface area (Å²) >= 11 is 0. The van der Waals surface area contributed by atoms with Crippen LogP contribution in [0.2, 0.25) is 0 Å². The molecule has 0 aliphatic carbocycles. The summed E-state index contributed by atoms with van der Waals surface area (Å²) in [5.74, 6) is 1.31. The van der Waals surface area contributed by atoms with Crippen molar-refractivity contribution in [2.24, 2.45) is 0 Å². The van der Waals surface area contributed by atoms with E-state index in [4.69, 9.17) is 0 Å². The van der Waals surface area contributed by atoms with Crippen molar-refractivity contribution in [2.75, 3.05) is 24.7 Å². The molecule has 0 fully saturated rings. The number of benzene rings is 1. The topological polar surface area (TPSA) is 54.8 Å². The number of anilines is 2. The Hall–Kier alpha value is -2.04. The minimum absolute atomic E-state index is 0.600. The fourth-order valence-corrected chi connectivity index (χ4v) is 1.33. The van der Waals surface area contributed by atoms with Crippen LogP contribution in [0.1, 0.15) is 0 Å². The molecule has 0 radical (unpaired) electrons. The van der Waals surface area contributed by atoms with E-state index in [-0.39, 0.29) is 0 Å². The Morgan fingerprint density at radius 1 is 1.07 bits per heavy atom. The first-order valence-corrected chi connectivity index (χ1v) is 4.73. The van der Waals surface area contributed by atoms with Crippen LogP contribution in [0.15, 0.2) is 30.3 Å². The van der Waals surface area contributed by atoms with Gasteiger partial charge in [0, 0.05) is 14.1 Å². The van der Waals surface area contributed by atoms with Crippen molar-refractivity contribution in [1.29, 1.82) is 0 Å². The van der Waals surface area contributed by atoms with Crippen LogP contribution in [-0.4, -0.2) is 28.9 Å². The zero-order chi connectivity index (χ0) is 10.7. The summed E-state index contributed by atoms with van der Waals surface area (Å²) in [6.45, 7) is 0. The first-order chi connectivity index (χ1) is 7.35. The Labute approximate surface area is 88.1 Å². The fourth-order valence-electron chi connectivity index (χ4n) is 1.33. The summed E-state index contributed by atoms with van der Waals surface area (Å²) in [4.78, 5) is 4.25. The highest BCUT2D eigenvalue weighted by Crippen LogP contribution is 2.14. The minimum Gasteiger partial charge on any atom is -0.357 e. The van der Waals surface area contributed by atoms with Crippen molar-refractivity contribution in [1.82, 2.24) is 14.8 Å². The second-order valence-corrected chi connectivity index (χ2v) is 3.01. The largest absolute Gasteiger partial charge is 0.357 e. The van der Waals surface area contributed by atoms with Gasteiger partial charge in [0.15, 0.2) is 0 Å². The molecule has 5 nitrogen and oxygen atoms in total. The Balaban J connectivity index is 2.47. The van der Waals surface area contributed by atoms with Crippen LogP contribution in [0.3, 0.4) is 0 Å². The SMILES string of the molecule is CNc1nc(NC)n(-c2ccccc2)n1. The molecule has 1 aromatic carbocycles. The number of hydrogen-bond donors (Lipinski definition) is 2. The standard InChI is InChI=1S/C10H13N5/c1-11-9-13-10(12-2)15(14-9)8-6-4-3-5-7-8/h3-7H,1-2H3,(H2,11,12,13,14). The molecule has 2 N–H and O–H groups in total. The van der Waals surface area contributed by atoms with E-state index in [2.05, 4.69) is 20.7 Å². The molecular formula is C10H13N5. The molecular weight excluding hydrogens is 190 g/mol. The van der Waals surface area contributed by atoms with Crippen LogP contribution in [0, 0.1) is 0 Å². The van der Waals surface area contributed by atoms with Gasteiger partial charge >= 0.3 is 0 Å². The van der Waals surface area contributed by atoms with Gasteiger partial charge < -0.3 is 10.6 Å². The summed E-state index contributed by atoms with van der Waals surface area (Å²) in [6.07, 6.45) is 0. The average molecular weight is 203 g/mol. The fraction of sp³-hybridized carbons (Fsp3) is 0.200. The van der Waals surface area contributed by atoms with E-state index in [9.17, 15) is 0 Å². The van der Waals surface area contributed by atoms with E-state index in [0.29, 0.717) is 11.9 Å². The molecule has 0 unspecified atom stereocenters. The lowest BCUT2D eigenvalue weighted by Crippen LogP contribution is -2.02. The van der Waals surface area contributed by atoms with Crippen LogP contribution in [0.4, 0.5) is 11.9 Å². The minimum atomic E-state index is 0.600. The van der Waals surface area contributed by atoms with Crippen LogP contribution < -0.4 is 10.6 Å². The van der Waals surface area contributed by atoms with Crippen LogP contribution in [-0.2, 0) is 0 Å². The molecule has 0 aliphatic heterocycles. The van der Waals surface area contributed by atoms with E-state index >= 15 is 0 Å². The maximum Gasteiger partial charge on any atom is 0.244 e. The van der Waals surface area contributed by atoms with Gasteiger partial charge in [-0.3, -0.25) is 0 Å². The predicted molar refractivity (Wildman–Crippen MR) is 60.5 cm³/mol. The lowest BCUT2D eigenvalue weighted by atomic mass is 10.3. The Kier molecular flexibility index (Phi) is 2.53. The summed E-state index contributed by atoms with van der Waals surface area (Å²) in [7, 11) is 3.62. The average Bonchev–Trinajstić information content (AvgIpc) is 2.73. The van der Waals surface area contributed by atoms with Crippen molar-refractivity contribution in [3.8, 4) is 5.69 Å². The summed E-state index contributed by atoms with van der Waals surface area (Å²) in [5, 5.41) is 10.2. The molecule has 1 heterocycles. The molecule has 15 heavy (non-hydrogen) atoms. The molecule has 2 aromatic rings. The molecule has 0 amide bonds. The van der Waals surface area contributed by atoms with Crippen molar-refractivity contribution < 1.29 is 0 Å². The Bertz CT molecular complexity index is 434. The van der Waals surface area contributed by atoms with Gasteiger partial charge in [-0.25, -0.2) is 0 Å². The van der Waals surface area contributed by atoms with E-state index < -0.39 is 0 Å². The van der Waals surface area contributed by atoms with Gasteiger partial charge in [0.25, 0.3) is 0 Å². The summed E-state index contributed by atoms with van der Waals surface area (Å²) in [5.41, 5.74) is 0.982. The molecule has 0 bridgehead atoms. The molecule has 5 heteroatoms. The number of aromatic nitrogens is 3. The highest BCUT2D eigenvalue weighted by atomic mass is 15.4. The highest BCUT2D eigenvalue weighted by Gasteiger charge is 2.07. The van der Waals surface area contributed by atoms with E-state index in [1.165, 1.54) is 0 Å². The second kappa shape index (κ2) is 4.00. The van der Waals surface area contributed by atoms with E-state index in [1.807, 2.05) is 37.4 Å². The number of para-hydroxylation sites is 1. The second-order valence-electron chi connectivity index (χ2n) is 3.01. The van der Waals surface area contributed by atoms with Gasteiger partial charge in [-0.1, -0.05) is 18.2 Å². The van der Waals surface area contributed by atoms with Crippen molar-refractivity contribution in [3.63, 3.8) is 0 Å². The maximum atomic E-state index is 4.30. The Morgan fingerprint density at radius 2 is 1.80 bits per heavy atom. The number of nitrogens with one attached hydrogen (secondary N) is 2. The third-order valence-electron chi connectivity index (χ3n) is 2.06. The van der Waals surface area contributed by atoms with Crippen molar-refractivity contribution in [3.05, 3.63) is 30.3 Å². The lowest BCUT2D eigenvalue weighted by Gasteiger charge is -2.03. The van der Waals surface area contributed by atoms with E-state index in [1.54, 1.807) is 11.7 Å². The Morgan fingerprint density at radius 3 is 2.40 bits per heavy atom. The molecule has 78 valence electrons. The monoisotopic (exact) mass is 203 g/mol. The number of hydrogen-bond acceptors (Lipinski definition) is 4. The lowest BCUT2D eigenvalue weighted by molar-refractivity contribution is 0.886. The van der Waals surface area contributed by atoms with E-state index in [0.717, 1.165) is 5.69 Å². The van der Waals surface area contributed by atoms with Gasteiger partial charge in [0.2, 0.25) is 11.9 Å². The molecule has 0 saturated carbocycles. The zero-order valence-corrected chi connectivity index (χ0v) is 8.73. The third kappa shape index (κ3) is 1.76. The molecule has 0 atom stereocenters. The van der Waals surface area contributed by atoms with Crippen LogP contribution in [0.5, 0.6) is 0 Å². The zero-order valence-electron chi connectivity index (χ0n) is 8.73. The van der Waals surface area contributed by atoms with Gasteiger partial charge in [0.1, 0.15) is 0 Å².